The van der Waals surface area contributed by atoms with Crippen molar-refractivity contribution in [2.24, 2.45) is 0 Å². The first kappa shape index (κ1) is 11.6. The Bertz CT molecular complexity index is 472. The van der Waals surface area contributed by atoms with Crippen molar-refractivity contribution < 1.29 is 4.74 Å². The maximum absolute atomic E-state index is 5.64. The van der Waals surface area contributed by atoms with E-state index in [0.717, 1.165) is 5.56 Å². The molecule has 0 aliphatic rings. The standard InChI is InChI=1S/C11H11ClN4O/c1-17-11-5-2-8(7-14-11)6-13-10-4-3-9(12)15-16-10/h2-5,7H,6H2,1H3,(H,13,16). The van der Waals surface area contributed by atoms with Crippen LogP contribution in [0.2, 0.25) is 5.15 Å². The van der Waals surface area contributed by atoms with Crippen molar-refractivity contribution in [3.8, 4) is 5.88 Å². The molecule has 0 saturated heterocycles. The molecule has 0 bridgehead atoms. The highest BCUT2D eigenvalue weighted by Crippen LogP contribution is 2.10. The van der Waals surface area contributed by atoms with Crippen LogP contribution in [-0.4, -0.2) is 22.3 Å². The molecule has 2 heterocycles. The van der Waals surface area contributed by atoms with Gasteiger partial charge in [-0.3, -0.25) is 0 Å². The minimum absolute atomic E-state index is 0.377. The summed E-state index contributed by atoms with van der Waals surface area (Å²) in [5, 5.41) is 11.1. The Morgan fingerprint density at radius 1 is 1.24 bits per heavy atom. The molecule has 6 heteroatoms. The Balaban J connectivity index is 1.95. The Hall–Kier alpha value is -1.88. The molecule has 0 unspecified atom stereocenters. The number of methoxy groups -OCH3 is 1. The van der Waals surface area contributed by atoms with Gasteiger partial charge in [-0.2, -0.15) is 0 Å². The van der Waals surface area contributed by atoms with E-state index >= 15 is 0 Å². The first-order chi connectivity index (χ1) is 8.28. The molecule has 2 aromatic rings. The van der Waals surface area contributed by atoms with Gasteiger partial charge in [0.1, 0.15) is 5.82 Å². The second-order valence-corrected chi connectivity index (χ2v) is 3.69. The molecule has 2 aromatic heterocycles. The third-order valence-corrected chi connectivity index (χ3v) is 2.31. The van der Waals surface area contributed by atoms with Crippen LogP contribution in [-0.2, 0) is 6.54 Å². The van der Waals surface area contributed by atoms with Crippen LogP contribution in [0.1, 0.15) is 5.56 Å². The van der Waals surface area contributed by atoms with Crippen molar-refractivity contribution >= 4 is 17.4 Å². The first-order valence-corrected chi connectivity index (χ1v) is 5.38. The van der Waals surface area contributed by atoms with Crippen LogP contribution in [0.5, 0.6) is 5.88 Å². The summed E-state index contributed by atoms with van der Waals surface area (Å²) < 4.78 is 4.98. The summed E-state index contributed by atoms with van der Waals surface area (Å²) in [6, 6.07) is 7.20. The van der Waals surface area contributed by atoms with Gasteiger partial charge in [-0.1, -0.05) is 17.7 Å². The Kier molecular flexibility index (Phi) is 3.72. The highest BCUT2D eigenvalue weighted by atomic mass is 35.5. The topological polar surface area (TPSA) is 59.9 Å². The quantitative estimate of drug-likeness (QED) is 0.901. The zero-order valence-electron chi connectivity index (χ0n) is 9.22. The van der Waals surface area contributed by atoms with E-state index in [0.29, 0.717) is 23.4 Å². The summed E-state index contributed by atoms with van der Waals surface area (Å²) in [5.41, 5.74) is 1.03. The van der Waals surface area contributed by atoms with E-state index < -0.39 is 0 Å². The molecular weight excluding hydrogens is 240 g/mol. The lowest BCUT2D eigenvalue weighted by molar-refractivity contribution is 0.397. The smallest absolute Gasteiger partial charge is 0.212 e. The van der Waals surface area contributed by atoms with Crippen molar-refractivity contribution in [1.82, 2.24) is 15.2 Å². The number of rotatable bonds is 4. The van der Waals surface area contributed by atoms with Crippen molar-refractivity contribution in [1.29, 1.82) is 0 Å². The van der Waals surface area contributed by atoms with Gasteiger partial charge >= 0.3 is 0 Å². The second-order valence-electron chi connectivity index (χ2n) is 3.30. The number of hydrogen-bond donors (Lipinski definition) is 1. The predicted octanol–water partition coefficient (Wildman–Crippen LogP) is 2.15. The average molecular weight is 251 g/mol. The number of aromatic nitrogens is 3. The summed E-state index contributed by atoms with van der Waals surface area (Å²) in [6.07, 6.45) is 1.75. The third kappa shape index (κ3) is 3.29. The van der Waals surface area contributed by atoms with Gasteiger partial charge in [0.05, 0.1) is 7.11 Å². The predicted molar refractivity (Wildman–Crippen MR) is 65.2 cm³/mol. The molecule has 0 aliphatic heterocycles. The Labute approximate surface area is 104 Å². The van der Waals surface area contributed by atoms with Gasteiger partial charge in [0.15, 0.2) is 5.15 Å². The zero-order valence-corrected chi connectivity index (χ0v) is 9.98. The molecule has 0 spiro atoms. The van der Waals surface area contributed by atoms with E-state index in [1.54, 1.807) is 25.4 Å². The van der Waals surface area contributed by atoms with Crippen molar-refractivity contribution in [2.75, 3.05) is 12.4 Å². The van der Waals surface area contributed by atoms with Crippen molar-refractivity contribution in [3.63, 3.8) is 0 Å². The molecule has 0 saturated carbocycles. The fourth-order valence-electron chi connectivity index (χ4n) is 1.24. The number of ether oxygens (including phenoxy) is 1. The fraction of sp³-hybridized carbons (Fsp3) is 0.182. The first-order valence-electron chi connectivity index (χ1n) is 5.00. The molecule has 0 atom stereocenters. The highest BCUT2D eigenvalue weighted by Gasteiger charge is 1.98. The summed E-state index contributed by atoms with van der Waals surface area (Å²) in [6.45, 7) is 0.618. The van der Waals surface area contributed by atoms with E-state index in [2.05, 4.69) is 20.5 Å². The van der Waals surface area contributed by atoms with Gasteiger partial charge in [-0.15, -0.1) is 10.2 Å². The summed E-state index contributed by atoms with van der Waals surface area (Å²) in [7, 11) is 1.59. The van der Waals surface area contributed by atoms with Crippen LogP contribution < -0.4 is 10.1 Å². The molecule has 2 rings (SSSR count). The average Bonchev–Trinajstić information content (AvgIpc) is 2.39. The molecule has 88 valence electrons. The molecular formula is C11H11ClN4O. The minimum Gasteiger partial charge on any atom is -0.481 e. The van der Waals surface area contributed by atoms with Crippen LogP contribution in [0.15, 0.2) is 30.5 Å². The largest absolute Gasteiger partial charge is 0.481 e. The monoisotopic (exact) mass is 250 g/mol. The number of hydrogen-bond acceptors (Lipinski definition) is 5. The Morgan fingerprint density at radius 2 is 2.12 bits per heavy atom. The summed E-state index contributed by atoms with van der Waals surface area (Å²) >= 11 is 5.64. The number of nitrogens with one attached hydrogen (secondary N) is 1. The lowest BCUT2D eigenvalue weighted by Crippen LogP contribution is -2.02. The number of nitrogens with zero attached hydrogens (tertiary/aromatic N) is 3. The van der Waals surface area contributed by atoms with Crippen LogP contribution in [0.3, 0.4) is 0 Å². The van der Waals surface area contributed by atoms with Crippen molar-refractivity contribution in [3.05, 3.63) is 41.2 Å². The normalized spacial score (nSPS) is 10.0. The highest BCUT2D eigenvalue weighted by molar-refractivity contribution is 6.29. The molecule has 1 N–H and O–H groups in total. The minimum atomic E-state index is 0.377. The van der Waals surface area contributed by atoms with Crippen LogP contribution >= 0.6 is 11.6 Å². The van der Waals surface area contributed by atoms with Crippen LogP contribution in [0.4, 0.5) is 5.82 Å². The molecule has 17 heavy (non-hydrogen) atoms. The second kappa shape index (κ2) is 5.45. The van der Waals surface area contributed by atoms with Crippen LogP contribution in [0.25, 0.3) is 0 Å². The number of pyridine rings is 1. The maximum atomic E-state index is 5.64. The van der Waals surface area contributed by atoms with E-state index in [1.807, 2.05) is 12.1 Å². The lowest BCUT2D eigenvalue weighted by atomic mass is 10.3. The van der Waals surface area contributed by atoms with Gasteiger partial charge in [0, 0.05) is 18.8 Å². The zero-order chi connectivity index (χ0) is 12.1. The third-order valence-electron chi connectivity index (χ3n) is 2.11. The van der Waals surface area contributed by atoms with E-state index in [9.17, 15) is 0 Å². The van der Waals surface area contributed by atoms with Gasteiger partial charge in [0.25, 0.3) is 0 Å². The SMILES string of the molecule is COc1ccc(CNc2ccc(Cl)nn2)cn1. The molecule has 0 fully saturated rings. The van der Waals surface area contributed by atoms with Crippen LogP contribution in [0, 0.1) is 0 Å². The van der Waals surface area contributed by atoms with Gasteiger partial charge in [0.2, 0.25) is 5.88 Å². The van der Waals surface area contributed by atoms with Crippen molar-refractivity contribution in [2.45, 2.75) is 6.54 Å². The van der Waals surface area contributed by atoms with Gasteiger partial charge in [-0.25, -0.2) is 4.98 Å². The molecule has 0 aliphatic carbocycles. The molecule has 0 aromatic carbocycles. The number of anilines is 1. The van der Waals surface area contributed by atoms with E-state index in [1.165, 1.54) is 0 Å². The van der Waals surface area contributed by atoms with E-state index in [4.69, 9.17) is 16.3 Å². The van der Waals surface area contributed by atoms with Gasteiger partial charge in [-0.05, 0) is 17.7 Å². The lowest BCUT2D eigenvalue weighted by Gasteiger charge is -2.05. The number of halogens is 1. The molecule has 5 nitrogen and oxygen atoms in total. The maximum Gasteiger partial charge on any atom is 0.212 e. The summed E-state index contributed by atoms with van der Waals surface area (Å²) in [4.78, 5) is 4.10. The van der Waals surface area contributed by atoms with Gasteiger partial charge < -0.3 is 10.1 Å². The van der Waals surface area contributed by atoms with E-state index in [-0.39, 0.29) is 0 Å². The molecule has 0 amide bonds. The summed E-state index contributed by atoms with van der Waals surface area (Å²) in [5.74, 6) is 1.27. The Morgan fingerprint density at radius 3 is 2.71 bits per heavy atom. The fourth-order valence-corrected chi connectivity index (χ4v) is 1.34. The molecule has 0 radical (unpaired) electrons.